The molecule has 0 saturated heterocycles. The second kappa shape index (κ2) is 5.27. The first-order chi connectivity index (χ1) is 8.31. The van der Waals surface area contributed by atoms with Gasteiger partial charge in [0.1, 0.15) is 0 Å². The van der Waals surface area contributed by atoms with Crippen LogP contribution in [0.15, 0.2) is 42.5 Å². The zero-order chi connectivity index (χ0) is 12.1. The van der Waals surface area contributed by atoms with Crippen molar-refractivity contribution in [3.8, 4) is 6.07 Å². The highest BCUT2D eigenvalue weighted by Gasteiger charge is 2.05. The summed E-state index contributed by atoms with van der Waals surface area (Å²) < 4.78 is 0. The van der Waals surface area contributed by atoms with Crippen molar-refractivity contribution >= 4 is 16.6 Å². The van der Waals surface area contributed by atoms with Crippen LogP contribution in [-0.2, 0) is 0 Å². The Morgan fingerprint density at radius 2 is 1.88 bits per heavy atom. The first-order valence-electron chi connectivity index (χ1n) is 5.70. The van der Waals surface area contributed by atoms with E-state index in [1.165, 1.54) is 0 Å². The minimum atomic E-state index is 0.117. The molecule has 2 heteroatoms. The summed E-state index contributed by atoms with van der Waals surface area (Å²) in [4.78, 5) is 11.9. The van der Waals surface area contributed by atoms with Crippen LogP contribution in [0.5, 0.6) is 0 Å². The van der Waals surface area contributed by atoms with Crippen molar-refractivity contribution in [3.05, 3.63) is 48.0 Å². The van der Waals surface area contributed by atoms with E-state index in [0.29, 0.717) is 19.3 Å². The Morgan fingerprint density at radius 3 is 2.65 bits per heavy atom. The van der Waals surface area contributed by atoms with Crippen molar-refractivity contribution in [1.29, 1.82) is 5.26 Å². The number of unbranched alkanes of at least 4 members (excludes halogenated alkanes) is 1. The normalized spacial score (nSPS) is 10.1. The third-order valence-corrected chi connectivity index (χ3v) is 2.76. The number of hydrogen-bond donors (Lipinski definition) is 0. The maximum Gasteiger partial charge on any atom is 0.162 e. The molecule has 0 aliphatic carbocycles. The topological polar surface area (TPSA) is 40.9 Å². The maximum atomic E-state index is 11.9. The molecule has 0 radical (unpaired) electrons. The Bertz CT molecular complexity index is 581. The SMILES string of the molecule is N#CCCCC(=O)c1ccc2ccccc2c1. The van der Waals surface area contributed by atoms with E-state index >= 15 is 0 Å². The molecule has 0 amide bonds. The van der Waals surface area contributed by atoms with Gasteiger partial charge in [0.2, 0.25) is 0 Å². The van der Waals surface area contributed by atoms with Crippen LogP contribution in [-0.4, -0.2) is 5.78 Å². The first kappa shape index (κ1) is 11.3. The number of nitrogens with zero attached hydrogens (tertiary/aromatic N) is 1. The van der Waals surface area contributed by atoms with Gasteiger partial charge >= 0.3 is 0 Å². The van der Waals surface area contributed by atoms with Gasteiger partial charge in [-0.1, -0.05) is 36.4 Å². The van der Waals surface area contributed by atoms with Gasteiger partial charge in [-0.15, -0.1) is 0 Å². The highest BCUT2D eigenvalue weighted by Crippen LogP contribution is 2.17. The summed E-state index contributed by atoms with van der Waals surface area (Å²) >= 11 is 0. The molecule has 0 aromatic heterocycles. The number of fused-ring (bicyclic) bond motifs is 1. The fourth-order valence-corrected chi connectivity index (χ4v) is 1.84. The molecule has 0 fully saturated rings. The Hall–Kier alpha value is -2.14. The summed E-state index contributed by atoms with van der Waals surface area (Å²) in [6.45, 7) is 0. The third-order valence-electron chi connectivity index (χ3n) is 2.76. The van der Waals surface area contributed by atoms with Crippen LogP contribution >= 0.6 is 0 Å². The first-order valence-corrected chi connectivity index (χ1v) is 5.70. The van der Waals surface area contributed by atoms with Crippen LogP contribution in [0.2, 0.25) is 0 Å². The van der Waals surface area contributed by atoms with Crippen LogP contribution in [0, 0.1) is 11.3 Å². The molecule has 0 saturated carbocycles. The Morgan fingerprint density at radius 1 is 1.12 bits per heavy atom. The van der Waals surface area contributed by atoms with Crippen LogP contribution in [0.1, 0.15) is 29.6 Å². The Kier molecular flexibility index (Phi) is 3.52. The molecule has 0 N–H and O–H groups in total. The van der Waals surface area contributed by atoms with Crippen LogP contribution in [0.4, 0.5) is 0 Å². The lowest BCUT2D eigenvalue weighted by Crippen LogP contribution is -1.98. The zero-order valence-corrected chi connectivity index (χ0v) is 9.52. The average molecular weight is 223 g/mol. The number of carbonyl (C=O) groups excluding carboxylic acids is 1. The monoisotopic (exact) mass is 223 g/mol. The van der Waals surface area contributed by atoms with Crippen LogP contribution in [0.25, 0.3) is 10.8 Å². The van der Waals surface area contributed by atoms with Crippen LogP contribution in [0.3, 0.4) is 0 Å². The van der Waals surface area contributed by atoms with E-state index in [4.69, 9.17) is 5.26 Å². The van der Waals surface area contributed by atoms with Crippen molar-refractivity contribution in [2.45, 2.75) is 19.3 Å². The maximum absolute atomic E-state index is 11.9. The molecule has 0 spiro atoms. The fourth-order valence-electron chi connectivity index (χ4n) is 1.84. The van der Waals surface area contributed by atoms with Gasteiger partial charge in [-0.25, -0.2) is 0 Å². The number of Topliss-reactive ketones (excluding diaryl/α,β-unsaturated/α-hetero) is 1. The minimum absolute atomic E-state index is 0.117. The van der Waals surface area contributed by atoms with Gasteiger partial charge in [-0.05, 0) is 23.3 Å². The van der Waals surface area contributed by atoms with Crippen molar-refractivity contribution < 1.29 is 4.79 Å². The molecule has 84 valence electrons. The molecule has 0 bridgehead atoms. The lowest BCUT2D eigenvalue weighted by molar-refractivity contribution is 0.0980. The molecule has 0 aliphatic heterocycles. The molecular weight excluding hydrogens is 210 g/mol. The number of rotatable bonds is 4. The van der Waals surface area contributed by atoms with Gasteiger partial charge in [0, 0.05) is 18.4 Å². The highest BCUT2D eigenvalue weighted by atomic mass is 16.1. The minimum Gasteiger partial charge on any atom is -0.294 e. The van der Waals surface area contributed by atoms with Crippen molar-refractivity contribution in [2.24, 2.45) is 0 Å². The molecule has 17 heavy (non-hydrogen) atoms. The van der Waals surface area contributed by atoms with E-state index in [9.17, 15) is 4.79 Å². The number of benzene rings is 2. The summed E-state index contributed by atoms with van der Waals surface area (Å²) in [5.74, 6) is 0.117. The number of hydrogen-bond acceptors (Lipinski definition) is 2. The standard InChI is InChI=1S/C15H13NO/c16-10-4-3-7-15(17)14-9-8-12-5-1-2-6-13(12)11-14/h1-2,5-6,8-9,11H,3-4,7H2. The van der Waals surface area contributed by atoms with Gasteiger partial charge < -0.3 is 0 Å². The molecular formula is C15H13NO. The summed E-state index contributed by atoms with van der Waals surface area (Å²) in [7, 11) is 0. The number of ketones is 1. The van der Waals surface area contributed by atoms with E-state index in [2.05, 4.69) is 6.07 Å². The van der Waals surface area contributed by atoms with Gasteiger partial charge in [-0.2, -0.15) is 5.26 Å². The molecule has 2 aromatic rings. The zero-order valence-electron chi connectivity index (χ0n) is 9.52. The van der Waals surface area contributed by atoms with Gasteiger partial charge in [0.25, 0.3) is 0 Å². The smallest absolute Gasteiger partial charge is 0.162 e. The summed E-state index contributed by atoms with van der Waals surface area (Å²) in [6.07, 6.45) is 1.54. The third kappa shape index (κ3) is 2.70. The van der Waals surface area contributed by atoms with Gasteiger partial charge in [0.15, 0.2) is 5.78 Å². The van der Waals surface area contributed by atoms with Crippen molar-refractivity contribution in [1.82, 2.24) is 0 Å². The molecule has 0 unspecified atom stereocenters. The summed E-state index contributed by atoms with van der Waals surface area (Å²) in [5.41, 5.74) is 0.738. The molecule has 0 aliphatic rings. The quantitative estimate of drug-likeness (QED) is 0.585. The lowest BCUT2D eigenvalue weighted by Gasteiger charge is -2.02. The second-order valence-corrected chi connectivity index (χ2v) is 4.00. The predicted octanol–water partition coefficient (Wildman–Crippen LogP) is 3.72. The molecule has 0 atom stereocenters. The largest absolute Gasteiger partial charge is 0.294 e. The van der Waals surface area contributed by atoms with Crippen molar-refractivity contribution in [2.75, 3.05) is 0 Å². The van der Waals surface area contributed by atoms with E-state index in [1.807, 2.05) is 42.5 Å². The molecule has 2 aromatic carbocycles. The average Bonchev–Trinajstić information content (AvgIpc) is 2.38. The van der Waals surface area contributed by atoms with Gasteiger partial charge in [0.05, 0.1) is 6.07 Å². The predicted molar refractivity (Wildman–Crippen MR) is 67.7 cm³/mol. The molecule has 2 rings (SSSR count). The van der Waals surface area contributed by atoms with E-state index < -0.39 is 0 Å². The van der Waals surface area contributed by atoms with Crippen molar-refractivity contribution in [3.63, 3.8) is 0 Å². The summed E-state index contributed by atoms with van der Waals surface area (Å²) in [5, 5.41) is 10.7. The van der Waals surface area contributed by atoms with E-state index in [-0.39, 0.29) is 5.78 Å². The molecule has 2 nitrogen and oxygen atoms in total. The van der Waals surface area contributed by atoms with Crippen LogP contribution < -0.4 is 0 Å². The summed E-state index contributed by atoms with van der Waals surface area (Å²) in [6, 6.07) is 15.8. The highest BCUT2D eigenvalue weighted by molar-refractivity contribution is 5.99. The second-order valence-electron chi connectivity index (χ2n) is 4.00. The fraction of sp³-hybridized carbons (Fsp3) is 0.200. The Labute approximate surface area is 100 Å². The van der Waals surface area contributed by atoms with Gasteiger partial charge in [-0.3, -0.25) is 4.79 Å². The number of carbonyl (C=O) groups is 1. The number of nitriles is 1. The Balaban J connectivity index is 2.19. The van der Waals surface area contributed by atoms with E-state index in [1.54, 1.807) is 0 Å². The molecule has 0 heterocycles. The lowest BCUT2D eigenvalue weighted by atomic mass is 10.0. The van der Waals surface area contributed by atoms with E-state index in [0.717, 1.165) is 16.3 Å².